The zero-order valence-electron chi connectivity index (χ0n) is 12.3. The van der Waals surface area contributed by atoms with Gasteiger partial charge in [-0.25, -0.2) is 8.42 Å². The lowest BCUT2D eigenvalue weighted by atomic mass is 10.2. The van der Waals surface area contributed by atoms with E-state index in [2.05, 4.69) is 10.6 Å². The van der Waals surface area contributed by atoms with Crippen LogP contribution in [0.3, 0.4) is 0 Å². The van der Waals surface area contributed by atoms with E-state index in [-0.39, 0.29) is 11.4 Å². The number of hydrogen-bond donors (Lipinski definition) is 2. The predicted molar refractivity (Wildman–Crippen MR) is 81.4 cm³/mol. The van der Waals surface area contributed by atoms with Gasteiger partial charge in [-0.1, -0.05) is 0 Å². The number of likely N-dealkylation sites (N-methyl/N-ethyl adjacent to an activating group) is 1. The molecule has 2 amide bonds. The molecule has 0 unspecified atom stereocenters. The lowest BCUT2D eigenvalue weighted by molar-refractivity contribution is -0.135. The summed E-state index contributed by atoms with van der Waals surface area (Å²) >= 11 is 0. The first-order valence-corrected chi connectivity index (χ1v) is 8.21. The maximum absolute atomic E-state index is 11.9. The van der Waals surface area contributed by atoms with Gasteiger partial charge in [-0.2, -0.15) is 0 Å². The number of ether oxygens (including phenoxy) is 1. The van der Waals surface area contributed by atoms with E-state index in [0.717, 1.165) is 0 Å². The minimum absolute atomic E-state index is 0.0962. The molecule has 0 bridgehead atoms. The van der Waals surface area contributed by atoms with Crippen LogP contribution in [0.5, 0.6) is 5.75 Å². The highest BCUT2D eigenvalue weighted by atomic mass is 32.2. The normalized spacial score (nSPS) is 16.2. The van der Waals surface area contributed by atoms with Crippen LogP contribution in [0.15, 0.2) is 18.2 Å². The van der Waals surface area contributed by atoms with Crippen LogP contribution in [0.25, 0.3) is 0 Å². The summed E-state index contributed by atoms with van der Waals surface area (Å²) in [5.41, 5.74) is 0.654. The predicted octanol–water partition coefficient (Wildman–Crippen LogP) is -0.0804. The minimum atomic E-state index is -3.33. The van der Waals surface area contributed by atoms with Crippen LogP contribution in [-0.4, -0.2) is 46.7 Å². The number of rotatable bonds is 3. The Hall–Kier alpha value is -2.29. The summed E-state index contributed by atoms with van der Waals surface area (Å²) < 4.78 is 30.3. The summed E-state index contributed by atoms with van der Waals surface area (Å²) in [5.74, 6) is -1.24. The van der Waals surface area contributed by atoms with Crippen LogP contribution in [-0.2, 0) is 19.6 Å². The summed E-state index contributed by atoms with van der Waals surface area (Å²) in [5, 5.41) is 4.61. The van der Waals surface area contributed by atoms with Crippen molar-refractivity contribution in [2.45, 2.75) is 6.42 Å². The van der Waals surface area contributed by atoms with Crippen LogP contribution in [0, 0.1) is 0 Å². The smallest absolute Gasteiger partial charge is 0.313 e. The number of methoxy groups -OCH3 is 1. The monoisotopic (exact) mass is 327 g/mol. The van der Waals surface area contributed by atoms with Crippen molar-refractivity contribution in [2.75, 3.05) is 36.1 Å². The fraction of sp³-hybridized carbons (Fsp3) is 0.385. The Bertz CT molecular complexity index is 702. The summed E-state index contributed by atoms with van der Waals surface area (Å²) in [4.78, 5) is 23.0. The summed E-state index contributed by atoms with van der Waals surface area (Å²) in [6.45, 7) is 0.386. The molecule has 1 saturated heterocycles. The number of carbonyl (C=O) groups is 2. The quantitative estimate of drug-likeness (QED) is 0.756. The Balaban J connectivity index is 2.34. The highest BCUT2D eigenvalue weighted by Gasteiger charge is 2.29. The van der Waals surface area contributed by atoms with E-state index in [0.29, 0.717) is 24.4 Å². The van der Waals surface area contributed by atoms with Gasteiger partial charge in [0.25, 0.3) is 0 Å². The van der Waals surface area contributed by atoms with Gasteiger partial charge in [0.1, 0.15) is 5.75 Å². The van der Waals surface area contributed by atoms with Crippen LogP contribution >= 0.6 is 0 Å². The van der Waals surface area contributed by atoms with Gasteiger partial charge in [0.15, 0.2) is 0 Å². The zero-order chi connectivity index (χ0) is 16.3. The van der Waals surface area contributed by atoms with Crippen LogP contribution in [0.1, 0.15) is 6.42 Å². The van der Waals surface area contributed by atoms with E-state index in [1.807, 2.05) is 0 Å². The molecule has 1 aliphatic heterocycles. The molecule has 2 N–H and O–H groups in total. The Kier molecular flexibility index (Phi) is 4.55. The van der Waals surface area contributed by atoms with Crippen LogP contribution in [0.2, 0.25) is 0 Å². The second-order valence-corrected chi connectivity index (χ2v) is 6.67. The Labute approximate surface area is 128 Å². The highest BCUT2D eigenvalue weighted by molar-refractivity contribution is 7.93. The van der Waals surface area contributed by atoms with Crippen molar-refractivity contribution < 1.29 is 22.7 Å². The molecule has 1 aromatic carbocycles. The third-order valence-corrected chi connectivity index (χ3v) is 5.12. The number of nitrogens with one attached hydrogen (secondary N) is 2. The van der Waals surface area contributed by atoms with Gasteiger partial charge in [-0.15, -0.1) is 0 Å². The maximum Gasteiger partial charge on any atom is 0.313 e. The molecule has 2 rings (SSSR count). The molecule has 0 aromatic heterocycles. The number of nitrogens with zero attached hydrogens (tertiary/aromatic N) is 1. The van der Waals surface area contributed by atoms with Crippen LogP contribution in [0.4, 0.5) is 11.4 Å². The van der Waals surface area contributed by atoms with E-state index >= 15 is 0 Å². The van der Waals surface area contributed by atoms with Gasteiger partial charge in [0.2, 0.25) is 10.0 Å². The largest absolute Gasteiger partial charge is 0.495 e. The van der Waals surface area contributed by atoms with Crippen molar-refractivity contribution in [1.29, 1.82) is 0 Å². The number of benzene rings is 1. The average molecular weight is 327 g/mol. The van der Waals surface area contributed by atoms with Gasteiger partial charge in [-0.05, 0) is 24.6 Å². The zero-order valence-corrected chi connectivity index (χ0v) is 13.1. The Morgan fingerprint density at radius 1 is 1.27 bits per heavy atom. The second-order valence-electron chi connectivity index (χ2n) is 4.66. The van der Waals surface area contributed by atoms with Gasteiger partial charge in [0.05, 0.1) is 24.2 Å². The second kappa shape index (κ2) is 6.22. The minimum Gasteiger partial charge on any atom is -0.495 e. The molecule has 0 saturated carbocycles. The molecule has 22 heavy (non-hydrogen) atoms. The molecular weight excluding hydrogens is 310 g/mol. The molecule has 0 aliphatic carbocycles. The van der Waals surface area contributed by atoms with Crippen LogP contribution < -0.4 is 19.7 Å². The molecule has 120 valence electrons. The fourth-order valence-electron chi connectivity index (χ4n) is 2.17. The fourth-order valence-corrected chi connectivity index (χ4v) is 3.73. The van der Waals surface area contributed by atoms with E-state index in [1.54, 1.807) is 12.1 Å². The van der Waals surface area contributed by atoms with E-state index < -0.39 is 21.8 Å². The van der Waals surface area contributed by atoms with Crippen molar-refractivity contribution in [3.8, 4) is 5.75 Å². The topological polar surface area (TPSA) is 105 Å². The molecule has 1 aliphatic rings. The summed E-state index contributed by atoms with van der Waals surface area (Å²) in [6.07, 6.45) is 0.550. The first-order valence-electron chi connectivity index (χ1n) is 6.60. The third-order valence-electron chi connectivity index (χ3n) is 3.25. The van der Waals surface area contributed by atoms with Gasteiger partial charge >= 0.3 is 11.8 Å². The average Bonchev–Trinajstić information content (AvgIpc) is 2.85. The first-order chi connectivity index (χ1) is 10.4. The number of sulfonamides is 1. The van der Waals surface area contributed by atoms with E-state index in [4.69, 9.17) is 4.74 Å². The van der Waals surface area contributed by atoms with Crippen molar-refractivity contribution in [1.82, 2.24) is 5.32 Å². The first kappa shape index (κ1) is 16.1. The highest BCUT2D eigenvalue weighted by Crippen LogP contribution is 2.32. The molecule has 1 aromatic rings. The lowest BCUT2D eigenvalue weighted by Crippen LogP contribution is -2.33. The molecule has 0 atom stereocenters. The molecule has 0 radical (unpaired) electrons. The maximum atomic E-state index is 11.9. The standard InChI is InChI=1S/C13H17N3O5S/c1-14-12(17)13(18)15-10-8-9(4-5-11(10)21-2)16-6-3-7-22(16,19)20/h4-5,8H,3,6-7H2,1-2H3,(H,14,17)(H,15,18). The number of hydrogen-bond acceptors (Lipinski definition) is 5. The van der Waals surface area contributed by atoms with Gasteiger partial charge in [0, 0.05) is 13.6 Å². The number of anilines is 2. The van der Waals surface area contributed by atoms with Crippen molar-refractivity contribution in [2.24, 2.45) is 0 Å². The summed E-state index contributed by atoms with van der Waals surface area (Å²) in [6, 6.07) is 4.61. The molecule has 0 spiro atoms. The Morgan fingerprint density at radius 3 is 2.55 bits per heavy atom. The third kappa shape index (κ3) is 3.14. The SMILES string of the molecule is CNC(=O)C(=O)Nc1cc(N2CCCS2(=O)=O)ccc1OC. The van der Waals surface area contributed by atoms with E-state index in [1.165, 1.54) is 24.5 Å². The van der Waals surface area contributed by atoms with Crippen molar-refractivity contribution in [3.05, 3.63) is 18.2 Å². The lowest BCUT2D eigenvalue weighted by Gasteiger charge is -2.19. The van der Waals surface area contributed by atoms with Gasteiger partial charge in [-0.3, -0.25) is 13.9 Å². The summed E-state index contributed by atoms with van der Waals surface area (Å²) in [7, 11) is -0.572. The number of amides is 2. The molecule has 1 heterocycles. The molecule has 8 nitrogen and oxygen atoms in total. The number of carbonyl (C=O) groups excluding carboxylic acids is 2. The molecular formula is C13H17N3O5S. The van der Waals surface area contributed by atoms with Gasteiger partial charge < -0.3 is 15.4 Å². The molecule has 1 fully saturated rings. The Morgan fingerprint density at radius 2 is 2.00 bits per heavy atom. The van der Waals surface area contributed by atoms with Crippen molar-refractivity contribution >= 4 is 33.2 Å². The van der Waals surface area contributed by atoms with Crippen molar-refractivity contribution in [3.63, 3.8) is 0 Å². The molecule has 9 heteroatoms. The van der Waals surface area contributed by atoms with E-state index in [9.17, 15) is 18.0 Å².